The highest BCUT2D eigenvalue weighted by Crippen LogP contribution is 2.28. The zero-order chi connectivity index (χ0) is 14.7. The first-order valence-corrected chi connectivity index (χ1v) is 5.98. The van der Waals surface area contributed by atoms with Crippen LogP contribution in [0.25, 0.3) is 0 Å². The van der Waals surface area contributed by atoms with Gasteiger partial charge in [0.2, 0.25) is 0 Å². The molecule has 1 aromatic carbocycles. The average molecular weight is 277 g/mol. The van der Waals surface area contributed by atoms with Crippen LogP contribution in [-0.4, -0.2) is 19.7 Å². The fourth-order valence-electron chi connectivity index (χ4n) is 1.67. The van der Waals surface area contributed by atoms with Crippen molar-refractivity contribution in [2.45, 2.75) is 20.1 Å². The Balaban J connectivity index is 2.21. The first-order valence-electron chi connectivity index (χ1n) is 5.98. The van der Waals surface area contributed by atoms with Crippen LogP contribution < -0.4 is 10.5 Å². The second-order valence-electron chi connectivity index (χ2n) is 4.27. The lowest BCUT2D eigenvalue weighted by Gasteiger charge is -2.07. The van der Waals surface area contributed by atoms with E-state index in [1.807, 2.05) is 6.92 Å². The lowest BCUT2D eigenvalue weighted by molar-refractivity contribution is -0.386. The second-order valence-corrected chi connectivity index (χ2v) is 4.27. The summed E-state index contributed by atoms with van der Waals surface area (Å²) in [5, 5.41) is 18.9. The molecule has 8 heteroatoms. The molecule has 2 aromatic rings. The number of nitrogens with zero attached hydrogens (tertiary/aromatic N) is 4. The lowest BCUT2D eigenvalue weighted by Crippen LogP contribution is -2.06. The molecule has 0 saturated carbocycles. The maximum Gasteiger partial charge on any atom is 0.311 e. The summed E-state index contributed by atoms with van der Waals surface area (Å²) in [6.45, 7) is 2.17. The van der Waals surface area contributed by atoms with E-state index in [4.69, 9.17) is 10.5 Å². The molecule has 0 spiro atoms. The molecule has 106 valence electrons. The Kier molecular flexibility index (Phi) is 3.94. The first kappa shape index (κ1) is 13.9. The molecule has 0 fully saturated rings. The van der Waals surface area contributed by atoms with Gasteiger partial charge in [-0.2, -0.15) is 0 Å². The zero-order valence-corrected chi connectivity index (χ0v) is 11.2. The van der Waals surface area contributed by atoms with Crippen molar-refractivity contribution in [2.24, 2.45) is 12.8 Å². The molecule has 0 aliphatic rings. The quantitative estimate of drug-likeness (QED) is 0.646. The molecule has 0 bridgehead atoms. The highest BCUT2D eigenvalue weighted by molar-refractivity contribution is 5.48. The minimum atomic E-state index is -0.490. The predicted octanol–water partition coefficient (Wildman–Crippen LogP) is 1.07. The van der Waals surface area contributed by atoms with Crippen molar-refractivity contribution in [2.75, 3.05) is 0 Å². The highest BCUT2D eigenvalue weighted by Gasteiger charge is 2.16. The first-order chi connectivity index (χ1) is 9.52. The number of nitrogens with two attached hydrogens (primary N) is 1. The Labute approximate surface area is 115 Å². The summed E-state index contributed by atoms with van der Waals surface area (Å²) < 4.78 is 7.24. The number of aryl methyl sites for hydroxylation is 1. The van der Waals surface area contributed by atoms with E-state index in [2.05, 4.69) is 10.2 Å². The number of hydrogen-bond acceptors (Lipinski definition) is 6. The minimum Gasteiger partial charge on any atom is -0.479 e. The van der Waals surface area contributed by atoms with E-state index in [1.54, 1.807) is 23.7 Å². The van der Waals surface area contributed by atoms with Crippen LogP contribution >= 0.6 is 0 Å². The monoisotopic (exact) mass is 277 g/mol. The van der Waals surface area contributed by atoms with Crippen LogP contribution in [0.15, 0.2) is 18.2 Å². The van der Waals surface area contributed by atoms with Gasteiger partial charge in [0.1, 0.15) is 12.4 Å². The third kappa shape index (κ3) is 2.75. The molecule has 1 heterocycles. The van der Waals surface area contributed by atoms with Crippen LogP contribution in [0.4, 0.5) is 5.69 Å². The molecule has 0 radical (unpaired) electrons. The SMILES string of the molecule is Cc1nnc(COc2ccc(CN)cc2[N+](=O)[O-])n1C. The number of rotatable bonds is 5. The molecule has 0 aliphatic heterocycles. The molecule has 0 unspecified atom stereocenters. The van der Waals surface area contributed by atoms with Gasteiger partial charge in [-0.25, -0.2) is 0 Å². The number of nitro benzene ring substituents is 1. The van der Waals surface area contributed by atoms with Crippen molar-refractivity contribution in [1.29, 1.82) is 0 Å². The highest BCUT2D eigenvalue weighted by atomic mass is 16.6. The smallest absolute Gasteiger partial charge is 0.311 e. The van der Waals surface area contributed by atoms with Crippen molar-refractivity contribution in [3.8, 4) is 5.75 Å². The Bertz CT molecular complexity index is 638. The average Bonchev–Trinajstić information content (AvgIpc) is 2.76. The molecule has 1 aromatic heterocycles. The second kappa shape index (κ2) is 5.66. The molecule has 0 saturated heterocycles. The van der Waals surface area contributed by atoms with Crippen LogP contribution in [0, 0.1) is 17.0 Å². The van der Waals surface area contributed by atoms with Gasteiger partial charge in [0.15, 0.2) is 11.6 Å². The van der Waals surface area contributed by atoms with E-state index in [0.717, 1.165) is 5.82 Å². The maximum atomic E-state index is 11.0. The molecule has 0 aliphatic carbocycles. The van der Waals surface area contributed by atoms with E-state index >= 15 is 0 Å². The van der Waals surface area contributed by atoms with Gasteiger partial charge in [-0.05, 0) is 18.6 Å². The molecular formula is C12H15N5O3. The standard InChI is InChI=1S/C12H15N5O3/c1-8-14-15-12(16(8)2)7-20-11-4-3-9(6-13)5-10(11)17(18)19/h3-5H,6-7,13H2,1-2H3. The van der Waals surface area contributed by atoms with Crippen LogP contribution in [0.2, 0.25) is 0 Å². The van der Waals surface area contributed by atoms with Crippen LogP contribution in [0.5, 0.6) is 5.75 Å². The number of aromatic nitrogens is 3. The Morgan fingerprint density at radius 3 is 2.75 bits per heavy atom. The Hall–Kier alpha value is -2.48. The van der Waals surface area contributed by atoms with Crippen LogP contribution in [0.3, 0.4) is 0 Å². The van der Waals surface area contributed by atoms with Gasteiger partial charge in [-0.15, -0.1) is 10.2 Å². The van der Waals surface area contributed by atoms with E-state index in [0.29, 0.717) is 11.4 Å². The van der Waals surface area contributed by atoms with Crippen molar-refractivity contribution < 1.29 is 9.66 Å². The zero-order valence-electron chi connectivity index (χ0n) is 11.2. The van der Waals surface area contributed by atoms with Gasteiger partial charge in [-0.3, -0.25) is 10.1 Å². The van der Waals surface area contributed by atoms with Gasteiger partial charge in [-0.1, -0.05) is 6.07 Å². The summed E-state index contributed by atoms with van der Waals surface area (Å²) >= 11 is 0. The van der Waals surface area contributed by atoms with Gasteiger partial charge in [0, 0.05) is 19.7 Å². The van der Waals surface area contributed by atoms with E-state index in [1.165, 1.54) is 6.07 Å². The molecule has 0 amide bonds. The fourth-order valence-corrected chi connectivity index (χ4v) is 1.67. The van der Waals surface area contributed by atoms with Crippen molar-refractivity contribution >= 4 is 5.69 Å². The molecule has 8 nitrogen and oxygen atoms in total. The van der Waals surface area contributed by atoms with Crippen molar-refractivity contribution in [1.82, 2.24) is 14.8 Å². The molecular weight excluding hydrogens is 262 g/mol. The van der Waals surface area contributed by atoms with E-state index in [9.17, 15) is 10.1 Å². The third-order valence-corrected chi connectivity index (χ3v) is 3.00. The summed E-state index contributed by atoms with van der Waals surface area (Å²) in [5.41, 5.74) is 6.05. The molecule has 20 heavy (non-hydrogen) atoms. The number of nitro groups is 1. The maximum absolute atomic E-state index is 11.0. The van der Waals surface area contributed by atoms with Crippen LogP contribution in [0.1, 0.15) is 17.2 Å². The number of hydrogen-bond donors (Lipinski definition) is 1. The van der Waals surface area contributed by atoms with Crippen molar-refractivity contribution in [3.05, 3.63) is 45.5 Å². The fraction of sp³-hybridized carbons (Fsp3) is 0.333. The molecule has 2 rings (SSSR count). The normalized spacial score (nSPS) is 10.6. The summed E-state index contributed by atoms with van der Waals surface area (Å²) in [6, 6.07) is 4.66. The third-order valence-electron chi connectivity index (χ3n) is 3.00. The number of benzene rings is 1. The largest absolute Gasteiger partial charge is 0.479 e. The topological polar surface area (TPSA) is 109 Å². The summed E-state index contributed by atoms with van der Waals surface area (Å²) in [4.78, 5) is 10.5. The Morgan fingerprint density at radius 1 is 1.45 bits per heavy atom. The van der Waals surface area contributed by atoms with E-state index < -0.39 is 4.92 Å². The van der Waals surface area contributed by atoms with Crippen molar-refractivity contribution in [3.63, 3.8) is 0 Å². The van der Waals surface area contributed by atoms with Gasteiger partial charge >= 0.3 is 5.69 Å². The number of ether oxygens (including phenoxy) is 1. The molecule has 0 atom stereocenters. The summed E-state index contributed by atoms with van der Waals surface area (Å²) in [7, 11) is 1.81. The lowest BCUT2D eigenvalue weighted by atomic mass is 10.2. The summed E-state index contributed by atoms with van der Waals surface area (Å²) in [5.74, 6) is 1.53. The summed E-state index contributed by atoms with van der Waals surface area (Å²) in [6.07, 6.45) is 0. The van der Waals surface area contributed by atoms with Gasteiger partial charge in [0.05, 0.1) is 4.92 Å². The molecule has 2 N–H and O–H groups in total. The minimum absolute atomic E-state index is 0.105. The van der Waals surface area contributed by atoms with E-state index in [-0.39, 0.29) is 24.6 Å². The van der Waals surface area contributed by atoms with Gasteiger partial charge in [0.25, 0.3) is 0 Å². The van der Waals surface area contributed by atoms with Crippen LogP contribution in [-0.2, 0) is 20.2 Å². The predicted molar refractivity (Wildman–Crippen MR) is 71.1 cm³/mol. The Morgan fingerprint density at radius 2 is 2.20 bits per heavy atom. The van der Waals surface area contributed by atoms with Gasteiger partial charge < -0.3 is 15.0 Å².